The molecule has 8 heteroatoms. The Bertz CT molecular complexity index is 508. The summed E-state index contributed by atoms with van der Waals surface area (Å²) in [7, 11) is 2.80. The third-order valence-corrected chi connectivity index (χ3v) is 3.59. The van der Waals surface area contributed by atoms with Crippen LogP contribution in [0.5, 0.6) is 0 Å². The molecule has 0 aliphatic heterocycles. The largest absolute Gasteiger partial charge is 0.469 e. The molecule has 0 fully saturated rings. The van der Waals surface area contributed by atoms with Crippen LogP contribution in [0.2, 0.25) is 15.1 Å². The molecule has 1 aromatic rings. The first kappa shape index (κ1) is 16.0. The van der Waals surface area contributed by atoms with Gasteiger partial charge in [0.25, 0.3) is 5.91 Å². The molecule has 0 saturated heterocycles. The van der Waals surface area contributed by atoms with Gasteiger partial charge in [0.05, 0.1) is 28.6 Å². The standard InChI is InChI=1S/C11H11Cl3N2O3/c1-16(4-3-7(17)19-2)11(18)10-9(14)8(13)6(12)5-15-10/h5H,3-4H2,1-2H3. The molecule has 0 spiro atoms. The van der Waals surface area contributed by atoms with Crippen molar-refractivity contribution in [3.05, 3.63) is 27.0 Å². The van der Waals surface area contributed by atoms with E-state index in [1.165, 1.54) is 25.3 Å². The molecule has 1 heterocycles. The van der Waals surface area contributed by atoms with Gasteiger partial charge in [-0.15, -0.1) is 0 Å². The summed E-state index contributed by atoms with van der Waals surface area (Å²) >= 11 is 17.5. The molecule has 1 rings (SSSR count). The van der Waals surface area contributed by atoms with Gasteiger partial charge in [-0.3, -0.25) is 9.59 Å². The van der Waals surface area contributed by atoms with E-state index in [2.05, 4.69) is 9.72 Å². The number of amides is 1. The fourth-order valence-corrected chi connectivity index (χ4v) is 1.80. The maximum absolute atomic E-state index is 12.1. The lowest BCUT2D eigenvalue weighted by atomic mass is 10.3. The van der Waals surface area contributed by atoms with Gasteiger partial charge in [0.2, 0.25) is 0 Å². The molecule has 0 aliphatic carbocycles. The van der Waals surface area contributed by atoms with E-state index < -0.39 is 11.9 Å². The van der Waals surface area contributed by atoms with Gasteiger partial charge in [0, 0.05) is 19.8 Å². The number of carbonyl (C=O) groups is 2. The minimum absolute atomic E-state index is 0.0101. The highest BCUT2D eigenvalue weighted by Crippen LogP contribution is 2.31. The SMILES string of the molecule is COC(=O)CCN(C)C(=O)c1ncc(Cl)c(Cl)c1Cl. The lowest BCUT2D eigenvalue weighted by molar-refractivity contribution is -0.140. The first-order valence-corrected chi connectivity index (χ1v) is 6.33. The number of esters is 1. The van der Waals surface area contributed by atoms with Gasteiger partial charge in [-0.05, 0) is 0 Å². The molecule has 0 bridgehead atoms. The zero-order valence-electron chi connectivity index (χ0n) is 10.2. The van der Waals surface area contributed by atoms with Crippen molar-refractivity contribution in [1.82, 2.24) is 9.88 Å². The number of methoxy groups -OCH3 is 1. The van der Waals surface area contributed by atoms with Crippen molar-refractivity contribution >= 4 is 46.7 Å². The van der Waals surface area contributed by atoms with Gasteiger partial charge < -0.3 is 9.64 Å². The third-order valence-electron chi connectivity index (χ3n) is 2.35. The summed E-state index contributed by atoms with van der Waals surface area (Å²) in [4.78, 5) is 28.2. The van der Waals surface area contributed by atoms with Gasteiger partial charge in [-0.2, -0.15) is 0 Å². The van der Waals surface area contributed by atoms with Crippen LogP contribution >= 0.6 is 34.8 Å². The molecular formula is C11H11Cl3N2O3. The van der Waals surface area contributed by atoms with Crippen molar-refractivity contribution in [3.8, 4) is 0 Å². The molecule has 0 aromatic carbocycles. The van der Waals surface area contributed by atoms with E-state index in [-0.39, 0.29) is 33.7 Å². The molecule has 19 heavy (non-hydrogen) atoms. The lowest BCUT2D eigenvalue weighted by Crippen LogP contribution is -2.30. The third kappa shape index (κ3) is 3.96. The summed E-state index contributed by atoms with van der Waals surface area (Å²) in [5, 5.41) is 0.229. The van der Waals surface area contributed by atoms with Crippen molar-refractivity contribution in [2.45, 2.75) is 6.42 Å². The Labute approximate surface area is 125 Å². The number of aromatic nitrogens is 1. The summed E-state index contributed by atoms with van der Waals surface area (Å²) in [6, 6.07) is 0. The van der Waals surface area contributed by atoms with Crippen molar-refractivity contribution in [1.29, 1.82) is 0 Å². The van der Waals surface area contributed by atoms with E-state index in [9.17, 15) is 9.59 Å². The number of hydrogen-bond acceptors (Lipinski definition) is 4. The lowest BCUT2D eigenvalue weighted by Gasteiger charge is -2.16. The maximum atomic E-state index is 12.1. The number of carbonyl (C=O) groups excluding carboxylic acids is 2. The molecule has 0 radical (unpaired) electrons. The average molecular weight is 326 g/mol. The van der Waals surface area contributed by atoms with Crippen LogP contribution in [-0.2, 0) is 9.53 Å². The number of nitrogens with zero attached hydrogens (tertiary/aromatic N) is 2. The Balaban J connectivity index is 2.83. The Morgan fingerprint density at radius 3 is 2.53 bits per heavy atom. The van der Waals surface area contributed by atoms with Gasteiger partial charge in [0.15, 0.2) is 0 Å². The molecule has 1 aromatic heterocycles. The molecule has 0 aliphatic rings. The second-order valence-electron chi connectivity index (χ2n) is 3.64. The Morgan fingerprint density at radius 2 is 1.95 bits per heavy atom. The van der Waals surface area contributed by atoms with Crippen LogP contribution in [0.3, 0.4) is 0 Å². The van der Waals surface area contributed by atoms with Gasteiger partial charge >= 0.3 is 5.97 Å². The van der Waals surface area contributed by atoms with E-state index in [1.807, 2.05) is 0 Å². The zero-order valence-corrected chi connectivity index (χ0v) is 12.5. The van der Waals surface area contributed by atoms with E-state index in [0.29, 0.717) is 0 Å². The molecular weight excluding hydrogens is 314 g/mol. The number of halogens is 3. The Morgan fingerprint density at radius 1 is 1.32 bits per heavy atom. The van der Waals surface area contributed by atoms with Crippen LogP contribution in [0.15, 0.2) is 6.20 Å². The van der Waals surface area contributed by atoms with Gasteiger partial charge in [-0.1, -0.05) is 34.8 Å². The fraction of sp³-hybridized carbons (Fsp3) is 0.364. The highest BCUT2D eigenvalue weighted by Gasteiger charge is 2.20. The minimum Gasteiger partial charge on any atom is -0.469 e. The molecule has 104 valence electrons. The number of hydrogen-bond donors (Lipinski definition) is 0. The maximum Gasteiger partial charge on any atom is 0.307 e. The summed E-state index contributed by atoms with van der Waals surface area (Å²) in [5.41, 5.74) is -0.0107. The number of ether oxygens (including phenoxy) is 1. The highest BCUT2D eigenvalue weighted by molar-refractivity contribution is 6.48. The van der Waals surface area contributed by atoms with Crippen LogP contribution in [0.4, 0.5) is 0 Å². The number of rotatable bonds is 4. The molecule has 5 nitrogen and oxygen atoms in total. The van der Waals surface area contributed by atoms with Crippen molar-refractivity contribution in [2.24, 2.45) is 0 Å². The van der Waals surface area contributed by atoms with Crippen LogP contribution in [-0.4, -0.2) is 42.5 Å². The van der Waals surface area contributed by atoms with Crippen molar-refractivity contribution in [2.75, 3.05) is 20.7 Å². The topological polar surface area (TPSA) is 59.5 Å². The highest BCUT2D eigenvalue weighted by atomic mass is 35.5. The molecule has 0 unspecified atom stereocenters. The van der Waals surface area contributed by atoms with E-state index in [0.717, 1.165) is 0 Å². The average Bonchev–Trinajstić information content (AvgIpc) is 2.41. The normalized spacial score (nSPS) is 10.2. The van der Waals surface area contributed by atoms with Crippen molar-refractivity contribution in [3.63, 3.8) is 0 Å². The predicted molar refractivity (Wildman–Crippen MR) is 72.9 cm³/mol. The molecule has 0 atom stereocenters. The van der Waals surface area contributed by atoms with E-state index in [4.69, 9.17) is 34.8 Å². The Hall–Kier alpha value is -1.04. The van der Waals surface area contributed by atoms with Gasteiger partial charge in [0.1, 0.15) is 5.69 Å². The van der Waals surface area contributed by atoms with Crippen LogP contribution < -0.4 is 0 Å². The van der Waals surface area contributed by atoms with Crippen LogP contribution in [0.1, 0.15) is 16.9 Å². The summed E-state index contributed by atoms with van der Waals surface area (Å²) in [6.07, 6.45) is 1.33. The van der Waals surface area contributed by atoms with E-state index in [1.54, 1.807) is 0 Å². The van der Waals surface area contributed by atoms with Gasteiger partial charge in [-0.25, -0.2) is 4.98 Å². The fourth-order valence-electron chi connectivity index (χ4n) is 1.24. The predicted octanol–water partition coefficient (Wildman–Crippen LogP) is 2.68. The second kappa shape index (κ2) is 6.93. The zero-order chi connectivity index (χ0) is 14.6. The summed E-state index contributed by atoms with van der Waals surface area (Å²) in [6.45, 7) is 0.184. The smallest absolute Gasteiger partial charge is 0.307 e. The summed E-state index contributed by atoms with van der Waals surface area (Å²) in [5.74, 6) is -0.861. The van der Waals surface area contributed by atoms with Crippen molar-refractivity contribution < 1.29 is 14.3 Å². The van der Waals surface area contributed by atoms with Crippen LogP contribution in [0.25, 0.3) is 0 Å². The first-order chi connectivity index (χ1) is 8.88. The second-order valence-corrected chi connectivity index (χ2v) is 4.80. The quantitative estimate of drug-likeness (QED) is 0.799. The molecule has 1 amide bonds. The summed E-state index contributed by atoms with van der Waals surface area (Å²) < 4.78 is 4.49. The molecule has 0 saturated carbocycles. The minimum atomic E-state index is -0.451. The first-order valence-electron chi connectivity index (χ1n) is 5.20. The monoisotopic (exact) mass is 324 g/mol. The molecule has 0 N–H and O–H groups in total. The number of pyridine rings is 1. The van der Waals surface area contributed by atoms with E-state index >= 15 is 0 Å². The van der Waals surface area contributed by atoms with Crippen LogP contribution in [0, 0.1) is 0 Å². The Kier molecular flexibility index (Phi) is 5.85.